The summed E-state index contributed by atoms with van der Waals surface area (Å²) in [5, 5.41) is 0.319. The van der Waals surface area contributed by atoms with Gasteiger partial charge < -0.3 is 0 Å². The van der Waals surface area contributed by atoms with Crippen LogP contribution in [0, 0.1) is 0 Å². The molecule has 0 aliphatic carbocycles. The van der Waals surface area contributed by atoms with E-state index in [1.807, 2.05) is 7.17 Å². The van der Waals surface area contributed by atoms with Crippen LogP contribution in [0.5, 0.6) is 0 Å². The Morgan fingerprint density at radius 3 is 1.44 bits per heavy atom. The second-order valence-corrected chi connectivity index (χ2v) is 2.59. The van der Waals surface area contributed by atoms with Crippen molar-refractivity contribution in [2.24, 2.45) is 0 Å². The van der Waals surface area contributed by atoms with Gasteiger partial charge in [0.15, 0.2) is 0 Å². The van der Waals surface area contributed by atoms with Crippen LogP contribution in [0.3, 0.4) is 0 Å². The molecule has 2 heteroatoms. The summed E-state index contributed by atoms with van der Waals surface area (Å²) in [5.41, 5.74) is 0. The van der Waals surface area contributed by atoms with Crippen LogP contribution in [0.1, 0.15) is 40.0 Å². The Balaban J connectivity index is 3.82. The number of hydrogen-bond acceptors (Lipinski definition) is 0. The molecule has 0 aromatic heterocycles. The van der Waals surface area contributed by atoms with Crippen LogP contribution >= 0.6 is 0 Å². The van der Waals surface area contributed by atoms with E-state index >= 15 is 0 Å². The standard InChI is InChI=1S/C7H15B2/c1-4-7(5-2,6-3)9-8/h4-6H2,1-3H3. The van der Waals surface area contributed by atoms with Crippen LogP contribution in [0.4, 0.5) is 0 Å². The topological polar surface area (TPSA) is 0 Å². The molecule has 0 aliphatic heterocycles. The fraction of sp³-hybridized carbons (Fsp3) is 1.00. The molecule has 0 fully saturated rings. The summed E-state index contributed by atoms with van der Waals surface area (Å²) in [6.45, 7) is 6.57. The molecule has 0 heterocycles. The molecule has 0 amide bonds. The van der Waals surface area contributed by atoms with Crippen LogP contribution in [-0.2, 0) is 0 Å². The monoisotopic (exact) mass is 121 g/mol. The van der Waals surface area contributed by atoms with Gasteiger partial charge in [-0.25, -0.2) is 0 Å². The lowest BCUT2D eigenvalue weighted by molar-refractivity contribution is 0.501. The minimum absolute atomic E-state index is 0.319. The van der Waals surface area contributed by atoms with Crippen LogP contribution in [-0.4, -0.2) is 14.9 Å². The van der Waals surface area contributed by atoms with Crippen molar-refractivity contribution >= 4 is 14.9 Å². The molecule has 0 aliphatic rings. The van der Waals surface area contributed by atoms with Gasteiger partial charge in [0.25, 0.3) is 0 Å². The first-order valence-electron chi connectivity index (χ1n) is 3.80. The molecule has 0 saturated heterocycles. The van der Waals surface area contributed by atoms with Crippen molar-refractivity contribution in [2.45, 2.75) is 45.3 Å². The summed E-state index contributed by atoms with van der Waals surface area (Å²) in [7, 11) is 7.37. The summed E-state index contributed by atoms with van der Waals surface area (Å²) in [6.07, 6.45) is 3.49. The van der Waals surface area contributed by atoms with Gasteiger partial charge in [0.1, 0.15) is 0 Å². The molecule has 0 atom stereocenters. The van der Waals surface area contributed by atoms with Gasteiger partial charge in [-0.1, -0.05) is 45.3 Å². The average Bonchev–Trinajstić information content (AvgIpc) is 1.95. The lowest BCUT2D eigenvalue weighted by Gasteiger charge is -2.28. The average molecular weight is 121 g/mol. The smallest absolute Gasteiger partial charge is 0.0630 e. The first-order chi connectivity index (χ1) is 4.24. The van der Waals surface area contributed by atoms with Crippen LogP contribution < -0.4 is 0 Å². The highest BCUT2D eigenvalue weighted by atomic mass is 14.1. The van der Waals surface area contributed by atoms with Gasteiger partial charge in [-0.05, 0) is 0 Å². The highest BCUT2D eigenvalue weighted by molar-refractivity contribution is 6.91. The molecule has 0 unspecified atom stereocenters. The summed E-state index contributed by atoms with van der Waals surface area (Å²) in [6, 6.07) is 0. The van der Waals surface area contributed by atoms with Gasteiger partial charge in [-0.3, -0.25) is 0 Å². The fourth-order valence-corrected chi connectivity index (χ4v) is 1.10. The molecule has 0 rings (SSSR count). The van der Waals surface area contributed by atoms with E-state index in [4.69, 9.17) is 7.74 Å². The van der Waals surface area contributed by atoms with Crippen molar-refractivity contribution in [3.05, 3.63) is 0 Å². The highest BCUT2D eigenvalue weighted by Gasteiger charge is 2.20. The van der Waals surface area contributed by atoms with E-state index in [2.05, 4.69) is 20.8 Å². The third-order valence-electron chi connectivity index (χ3n) is 2.47. The van der Waals surface area contributed by atoms with Crippen molar-refractivity contribution < 1.29 is 0 Å². The third kappa shape index (κ3) is 2.08. The third-order valence-corrected chi connectivity index (χ3v) is 2.47. The van der Waals surface area contributed by atoms with Gasteiger partial charge in [0, 0.05) is 7.74 Å². The Morgan fingerprint density at radius 2 is 1.44 bits per heavy atom. The Kier molecular flexibility index (Phi) is 4.09. The van der Waals surface area contributed by atoms with E-state index in [0.29, 0.717) is 5.31 Å². The van der Waals surface area contributed by atoms with Crippen LogP contribution in [0.2, 0.25) is 5.31 Å². The van der Waals surface area contributed by atoms with Crippen LogP contribution in [0.25, 0.3) is 0 Å². The van der Waals surface area contributed by atoms with Gasteiger partial charge in [-0.2, -0.15) is 0 Å². The molecule has 3 radical (unpaired) electrons. The van der Waals surface area contributed by atoms with Gasteiger partial charge in [0.2, 0.25) is 0 Å². The van der Waals surface area contributed by atoms with E-state index in [1.54, 1.807) is 0 Å². The van der Waals surface area contributed by atoms with Crippen molar-refractivity contribution in [3.63, 3.8) is 0 Å². The summed E-state index contributed by atoms with van der Waals surface area (Å²) in [5.74, 6) is 0. The Bertz CT molecular complexity index is 49.8. The highest BCUT2D eigenvalue weighted by Crippen LogP contribution is 2.35. The Hall–Kier alpha value is 0.130. The SMILES string of the molecule is [B][B]C(CC)(CC)CC. The van der Waals surface area contributed by atoms with Crippen molar-refractivity contribution in [2.75, 3.05) is 0 Å². The summed E-state index contributed by atoms with van der Waals surface area (Å²) < 4.78 is 0. The van der Waals surface area contributed by atoms with E-state index in [1.165, 1.54) is 0 Å². The van der Waals surface area contributed by atoms with Crippen molar-refractivity contribution in [1.82, 2.24) is 0 Å². The largest absolute Gasteiger partial charge is 0.0677 e. The second-order valence-electron chi connectivity index (χ2n) is 2.59. The van der Waals surface area contributed by atoms with Gasteiger partial charge in [-0.15, -0.1) is 0 Å². The first kappa shape index (κ1) is 9.13. The maximum Gasteiger partial charge on any atom is 0.0630 e. The summed E-state index contributed by atoms with van der Waals surface area (Å²) in [4.78, 5) is 0. The van der Waals surface area contributed by atoms with E-state index in [-0.39, 0.29) is 0 Å². The van der Waals surface area contributed by atoms with Crippen molar-refractivity contribution in [1.29, 1.82) is 0 Å². The molecular formula is C7H15B2. The molecule has 0 nitrogen and oxygen atoms in total. The van der Waals surface area contributed by atoms with E-state index in [9.17, 15) is 0 Å². The Labute approximate surface area is 61.1 Å². The molecule has 0 aromatic carbocycles. The van der Waals surface area contributed by atoms with Crippen molar-refractivity contribution in [3.8, 4) is 0 Å². The molecule has 0 bridgehead atoms. The molecular weight excluding hydrogens is 106 g/mol. The normalized spacial score (nSPS) is 11.4. The summed E-state index contributed by atoms with van der Waals surface area (Å²) >= 11 is 0. The zero-order chi connectivity index (χ0) is 7.33. The Morgan fingerprint density at radius 1 is 1.11 bits per heavy atom. The van der Waals surface area contributed by atoms with Crippen LogP contribution in [0.15, 0.2) is 0 Å². The molecule has 0 aromatic rings. The number of hydrogen-bond donors (Lipinski definition) is 0. The minimum Gasteiger partial charge on any atom is -0.0677 e. The lowest BCUT2D eigenvalue weighted by Crippen LogP contribution is -2.18. The molecule has 0 saturated carbocycles. The minimum atomic E-state index is 0.319. The molecule has 49 valence electrons. The van der Waals surface area contributed by atoms with Gasteiger partial charge >= 0.3 is 0 Å². The predicted molar refractivity (Wildman–Crippen MR) is 45.1 cm³/mol. The fourth-order valence-electron chi connectivity index (χ4n) is 1.10. The maximum atomic E-state index is 5.51. The lowest BCUT2D eigenvalue weighted by atomic mass is 9.37. The number of rotatable bonds is 4. The molecule has 0 N–H and O–H groups in total. The predicted octanol–water partition coefficient (Wildman–Crippen LogP) is 2.16. The molecule has 0 spiro atoms. The van der Waals surface area contributed by atoms with E-state index < -0.39 is 0 Å². The first-order valence-corrected chi connectivity index (χ1v) is 3.80. The van der Waals surface area contributed by atoms with Gasteiger partial charge in [0.05, 0.1) is 7.17 Å². The second kappa shape index (κ2) is 4.03. The van der Waals surface area contributed by atoms with E-state index in [0.717, 1.165) is 19.3 Å². The quantitative estimate of drug-likeness (QED) is 0.499. The maximum absolute atomic E-state index is 5.51. The molecule has 9 heavy (non-hydrogen) atoms. The zero-order valence-corrected chi connectivity index (χ0v) is 6.78. The zero-order valence-electron chi connectivity index (χ0n) is 6.78.